The van der Waals surface area contributed by atoms with Crippen LogP contribution in [0.5, 0.6) is 0 Å². The normalized spacial score (nSPS) is 15.6. The van der Waals surface area contributed by atoms with Crippen LogP contribution in [0.4, 0.5) is 4.79 Å². The maximum atomic E-state index is 12.5. The molecule has 1 aliphatic heterocycles. The summed E-state index contributed by atoms with van der Waals surface area (Å²) in [5.41, 5.74) is 4.80. The van der Waals surface area contributed by atoms with Crippen molar-refractivity contribution in [1.29, 1.82) is 0 Å². The zero-order valence-electron chi connectivity index (χ0n) is 16.1. The van der Waals surface area contributed by atoms with Gasteiger partial charge in [-0.1, -0.05) is 55.0 Å². The number of aromatic nitrogens is 1. The Morgan fingerprint density at radius 2 is 1.89 bits per heavy atom. The molecule has 5 nitrogen and oxygen atoms in total. The number of carbonyl (C=O) groups is 2. The van der Waals surface area contributed by atoms with Gasteiger partial charge in [0, 0.05) is 35.8 Å². The molecule has 0 aliphatic carbocycles. The molecule has 0 atom stereocenters. The average molecular weight is 373 g/mol. The van der Waals surface area contributed by atoms with Gasteiger partial charge in [0.1, 0.15) is 5.70 Å². The Kier molecular flexibility index (Phi) is 4.74. The second-order valence-corrected chi connectivity index (χ2v) is 7.16. The quantitative estimate of drug-likeness (QED) is 0.535. The van der Waals surface area contributed by atoms with E-state index in [1.165, 1.54) is 16.0 Å². The first-order chi connectivity index (χ1) is 13.6. The smallest absolute Gasteiger partial charge is 0.329 e. The number of carbonyl (C=O) groups excluding carboxylic acids is 2. The summed E-state index contributed by atoms with van der Waals surface area (Å²) in [4.78, 5) is 25.9. The van der Waals surface area contributed by atoms with E-state index in [9.17, 15) is 9.59 Å². The maximum absolute atomic E-state index is 12.5. The van der Waals surface area contributed by atoms with Gasteiger partial charge in [-0.15, -0.1) is 0 Å². The Balaban J connectivity index is 1.73. The second-order valence-electron chi connectivity index (χ2n) is 7.16. The van der Waals surface area contributed by atoms with E-state index in [1.54, 1.807) is 6.08 Å². The molecule has 0 bridgehead atoms. The van der Waals surface area contributed by atoms with E-state index in [0.29, 0.717) is 12.2 Å². The topological polar surface area (TPSA) is 54.3 Å². The van der Waals surface area contributed by atoms with Gasteiger partial charge in [-0.3, -0.25) is 9.69 Å². The molecule has 5 heteroatoms. The molecule has 1 aromatic heterocycles. The van der Waals surface area contributed by atoms with Gasteiger partial charge in [0.05, 0.1) is 0 Å². The number of imide groups is 1. The standard InChI is InChI=1S/C23H23N3O2/c1-3-11-26-22(27)20(24-23(26)28)13-18-15-25(21-10-5-4-9-19(18)21)14-17-8-6-7-16(2)12-17/h4-10,12-13,15H,3,11,14H2,1-2H3,(H,24,28)/b20-13+. The number of nitrogens with zero attached hydrogens (tertiary/aromatic N) is 2. The molecule has 0 spiro atoms. The third-order valence-electron chi connectivity index (χ3n) is 4.96. The van der Waals surface area contributed by atoms with E-state index in [-0.39, 0.29) is 11.9 Å². The van der Waals surface area contributed by atoms with E-state index in [0.717, 1.165) is 29.4 Å². The lowest BCUT2D eigenvalue weighted by molar-refractivity contribution is -0.122. The van der Waals surface area contributed by atoms with Crippen molar-refractivity contribution in [2.45, 2.75) is 26.8 Å². The zero-order valence-corrected chi connectivity index (χ0v) is 16.1. The average Bonchev–Trinajstić information content (AvgIpc) is 3.15. The minimum atomic E-state index is -0.346. The van der Waals surface area contributed by atoms with Crippen LogP contribution in [-0.4, -0.2) is 28.0 Å². The molecule has 1 aliphatic rings. The molecule has 0 radical (unpaired) electrons. The molecule has 1 fully saturated rings. The Morgan fingerprint density at radius 1 is 1.07 bits per heavy atom. The van der Waals surface area contributed by atoms with Crippen LogP contribution < -0.4 is 5.32 Å². The van der Waals surface area contributed by atoms with Crippen molar-refractivity contribution in [2.75, 3.05) is 6.54 Å². The minimum absolute atomic E-state index is 0.262. The molecule has 142 valence electrons. The number of amides is 3. The summed E-state index contributed by atoms with van der Waals surface area (Å²) in [5, 5.41) is 3.76. The number of hydrogen-bond acceptors (Lipinski definition) is 2. The highest BCUT2D eigenvalue weighted by Gasteiger charge is 2.32. The monoisotopic (exact) mass is 373 g/mol. The van der Waals surface area contributed by atoms with Crippen molar-refractivity contribution in [1.82, 2.24) is 14.8 Å². The number of fused-ring (bicyclic) bond motifs is 1. The zero-order chi connectivity index (χ0) is 19.7. The molecule has 3 aromatic rings. The van der Waals surface area contributed by atoms with Crippen molar-refractivity contribution in [3.63, 3.8) is 0 Å². The lowest BCUT2D eigenvalue weighted by atomic mass is 10.1. The van der Waals surface area contributed by atoms with Gasteiger partial charge in [0.2, 0.25) is 0 Å². The fourth-order valence-corrected chi connectivity index (χ4v) is 3.68. The first kappa shape index (κ1) is 18.0. The van der Waals surface area contributed by atoms with Gasteiger partial charge in [-0.05, 0) is 31.1 Å². The summed E-state index contributed by atoms with van der Waals surface area (Å²) in [6.07, 6.45) is 4.56. The third kappa shape index (κ3) is 3.31. The van der Waals surface area contributed by atoms with Gasteiger partial charge in [-0.25, -0.2) is 4.79 Å². The highest BCUT2D eigenvalue weighted by atomic mass is 16.2. The molecule has 0 saturated carbocycles. The Labute approximate surface area is 164 Å². The Hall–Kier alpha value is -3.34. The van der Waals surface area contributed by atoms with Crippen LogP contribution in [0.15, 0.2) is 60.4 Å². The molecular weight excluding hydrogens is 350 g/mol. The maximum Gasteiger partial charge on any atom is 0.329 e. The molecule has 28 heavy (non-hydrogen) atoms. The van der Waals surface area contributed by atoms with E-state index in [2.05, 4.69) is 47.1 Å². The number of urea groups is 1. The summed E-state index contributed by atoms with van der Waals surface area (Å²) >= 11 is 0. The van der Waals surface area contributed by atoms with Gasteiger partial charge in [-0.2, -0.15) is 0 Å². The molecule has 2 heterocycles. The van der Waals surface area contributed by atoms with Crippen LogP contribution in [0, 0.1) is 6.92 Å². The lowest BCUT2D eigenvalue weighted by Gasteiger charge is -2.08. The Morgan fingerprint density at radius 3 is 2.68 bits per heavy atom. The fraction of sp³-hybridized carbons (Fsp3) is 0.217. The molecule has 1 saturated heterocycles. The largest absolute Gasteiger partial charge is 0.342 e. The van der Waals surface area contributed by atoms with Crippen molar-refractivity contribution in [3.05, 3.63) is 77.1 Å². The van der Waals surface area contributed by atoms with Crippen LogP contribution in [-0.2, 0) is 11.3 Å². The van der Waals surface area contributed by atoms with Crippen LogP contribution in [0.2, 0.25) is 0 Å². The Bertz CT molecular complexity index is 1090. The number of rotatable bonds is 5. The predicted octanol–water partition coefficient (Wildman–Crippen LogP) is 4.30. The second kappa shape index (κ2) is 7.35. The summed E-state index contributed by atoms with van der Waals surface area (Å²) in [7, 11) is 0. The number of nitrogens with one attached hydrogen (secondary N) is 1. The van der Waals surface area contributed by atoms with Crippen molar-refractivity contribution < 1.29 is 9.59 Å². The number of hydrogen-bond donors (Lipinski definition) is 1. The number of aryl methyl sites for hydroxylation is 1. The summed E-state index contributed by atoms with van der Waals surface area (Å²) in [6, 6.07) is 16.2. The molecule has 1 N–H and O–H groups in total. The minimum Gasteiger partial charge on any atom is -0.342 e. The molecule has 4 rings (SSSR count). The summed E-state index contributed by atoms with van der Waals surface area (Å²) in [6.45, 7) is 5.20. The van der Waals surface area contributed by atoms with Crippen molar-refractivity contribution in [3.8, 4) is 0 Å². The summed E-state index contributed by atoms with van der Waals surface area (Å²) < 4.78 is 2.18. The van der Waals surface area contributed by atoms with Crippen LogP contribution >= 0.6 is 0 Å². The van der Waals surface area contributed by atoms with E-state index in [4.69, 9.17) is 0 Å². The van der Waals surface area contributed by atoms with E-state index >= 15 is 0 Å². The predicted molar refractivity (Wildman–Crippen MR) is 111 cm³/mol. The lowest BCUT2D eigenvalue weighted by Crippen LogP contribution is -2.31. The van der Waals surface area contributed by atoms with Crippen LogP contribution in [0.25, 0.3) is 17.0 Å². The highest BCUT2D eigenvalue weighted by Crippen LogP contribution is 2.25. The van der Waals surface area contributed by atoms with Crippen molar-refractivity contribution >= 4 is 28.9 Å². The van der Waals surface area contributed by atoms with Crippen LogP contribution in [0.1, 0.15) is 30.0 Å². The van der Waals surface area contributed by atoms with E-state index < -0.39 is 0 Å². The SMILES string of the molecule is CCCN1C(=O)N/C(=C/c2cn(Cc3cccc(C)c3)c3ccccc23)C1=O. The van der Waals surface area contributed by atoms with Gasteiger partial charge in [0.25, 0.3) is 5.91 Å². The van der Waals surface area contributed by atoms with Gasteiger partial charge >= 0.3 is 6.03 Å². The van der Waals surface area contributed by atoms with Gasteiger partial charge in [0.15, 0.2) is 0 Å². The number of para-hydroxylation sites is 1. The summed E-state index contributed by atoms with van der Waals surface area (Å²) in [5.74, 6) is -0.262. The third-order valence-corrected chi connectivity index (χ3v) is 4.96. The van der Waals surface area contributed by atoms with Crippen molar-refractivity contribution in [2.24, 2.45) is 0 Å². The molecule has 0 unspecified atom stereocenters. The number of benzene rings is 2. The first-order valence-electron chi connectivity index (χ1n) is 9.55. The molecular formula is C23H23N3O2. The molecule has 3 amide bonds. The first-order valence-corrected chi connectivity index (χ1v) is 9.55. The fourth-order valence-electron chi connectivity index (χ4n) is 3.68. The van der Waals surface area contributed by atoms with E-state index in [1.807, 2.05) is 31.3 Å². The van der Waals surface area contributed by atoms with Gasteiger partial charge < -0.3 is 9.88 Å². The highest BCUT2D eigenvalue weighted by molar-refractivity contribution is 6.14. The van der Waals surface area contributed by atoms with Crippen LogP contribution in [0.3, 0.4) is 0 Å². The molecule has 2 aromatic carbocycles.